The summed E-state index contributed by atoms with van der Waals surface area (Å²) in [5.74, 6) is 0.274. The molecule has 1 amide bonds. The maximum atomic E-state index is 12.3. The molecule has 1 N–H and O–H groups in total. The Balaban J connectivity index is 1.64. The average Bonchev–Trinajstić information content (AvgIpc) is 3.19. The number of hydrogen-bond donors (Lipinski definition) is 1. The monoisotopic (exact) mass is 373 g/mol. The maximum Gasteiger partial charge on any atom is 0.239 e. The average molecular weight is 373 g/mol. The first-order chi connectivity index (χ1) is 13.9. The van der Waals surface area contributed by atoms with Crippen molar-refractivity contribution in [1.82, 2.24) is 20.1 Å². The van der Waals surface area contributed by atoms with Crippen molar-refractivity contribution in [1.29, 1.82) is 0 Å². The molecular weight excluding hydrogens is 357 g/mol. The van der Waals surface area contributed by atoms with E-state index in [0.717, 1.165) is 31.3 Å². The molecule has 0 atom stereocenters. The van der Waals surface area contributed by atoms with E-state index in [-0.39, 0.29) is 28.0 Å². The molecular formula is C19H15B4N5O. The van der Waals surface area contributed by atoms with Crippen LogP contribution in [0.5, 0.6) is 0 Å². The summed E-state index contributed by atoms with van der Waals surface area (Å²) in [6.45, 7) is 2.24. The van der Waals surface area contributed by atoms with Crippen molar-refractivity contribution in [2.24, 2.45) is 0 Å². The summed E-state index contributed by atoms with van der Waals surface area (Å²) in [6.07, 6.45) is 2.26. The van der Waals surface area contributed by atoms with Gasteiger partial charge < -0.3 is 5.32 Å². The van der Waals surface area contributed by atoms with Crippen molar-refractivity contribution in [3.05, 3.63) is 24.3 Å². The minimum absolute atomic E-state index is 0.0957. The van der Waals surface area contributed by atoms with Crippen molar-refractivity contribution < 1.29 is 4.79 Å². The van der Waals surface area contributed by atoms with Gasteiger partial charge in [-0.05, 0) is 66.4 Å². The Hall–Kier alpha value is -2.60. The highest BCUT2D eigenvalue weighted by Crippen LogP contribution is 2.22. The highest BCUT2D eigenvalue weighted by Gasteiger charge is 2.16. The quantitative estimate of drug-likeness (QED) is 0.532. The number of rotatable bonds is 4. The molecule has 2 aromatic heterocycles. The number of nitrogens with zero attached hydrogens (tertiary/aromatic N) is 4. The Morgan fingerprint density at radius 3 is 2.52 bits per heavy atom. The van der Waals surface area contributed by atoms with E-state index in [4.69, 9.17) is 31.4 Å². The van der Waals surface area contributed by atoms with E-state index < -0.39 is 0 Å². The molecule has 1 aromatic carbocycles. The van der Waals surface area contributed by atoms with E-state index >= 15 is 0 Å². The van der Waals surface area contributed by atoms with Gasteiger partial charge in [0, 0.05) is 5.39 Å². The van der Waals surface area contributed by atoms with Gasteiger partial charge in [0.1, 0.15) is 31.4 Å². The number of pyridine rings is 1. The number of fused-ring (bicyclic) bond motifs is 1. The Morgan fingerprint density at radius 1 is 1.00 bits per heavy atom. The zero-order chi connectivity index (χ0) is 20.5. The lowest BCUT2D eigenvalue weighted by atomic mass is 9.70. The number of aromatic nitrogens is 3. The third-order valence-corrected chi connectivity index (χ3v) is 5.04. The van der Waals surface area contributed by atoms with Crippen molar-refractivity contribution >= 4 is 76.1 Å². The van der Waals surface area contributed by atoms with Crippen LogP contribution < -0.4 is 27.4 Å². The summed E-state index contributed by atoms with van der Waals surface area (Å²) < 4.78 is 0. The van der Waals surface area contributed by atoms with Gasteiger partial charge in [0.25, 0.3) is 0 Å². The van der Waals surface area contributed by atoms with Crippen LogP contribution in [0.25, 0.3) is 22.0 Å². The smallest absolute Gasteiger partial charge is 0.239 e. The molecule has 8 radical (unpaired) electrons. The molecule has 1 aliphatic heterocycles. The summed E-state index contributed by atoms with van der Waals surface area (Å²) in [4.78, 5) is 18.4. The van der Waals surface area contributed by atoms with Gasteiger partial charge in [-0.25, -0.2) is 0 Å². The van der Waals surface area contributed by atoms with Gasteiger partial charge in [0.05, 0.1) is 12.1 Å². The van der Waals surface area contributed by atoms with Crippen LogP contribution in [0.2, 0.25) is 0 Å². The normalized spacial score (nSPS) is 14.3. The molecule has 3 heterocycles. The van der Waals surface area contributed by atoms with Gasteiger partial charge in [-0.2, -0.15) is 0 Å². The Labute approximate surface area is 174 Å². The van der Waals surface area contributed by atoms with Crippen molar-refractivity contribution in [3.8, 4) is 11.1 Å². The molecule has 1 fully saturated rings. The number of anilines is 1. The minimum atomic E-state index is -0.110. The molecule has 1 saturated heterocycles. The molecule has 134 valence electrons. The number of carbonyl (C=O) groups is 1. The zero-order valence-corrected chi connectivity index (χ0v) is 15.9. The second kappa shape index (κ2) is 8.03. The first kappa shape index (κ1) is 19.7. The van der Waals surface area contributed by atoms with E-state index in [1.54, 1.807) is 12.1 Å². The fraction of sp³-hybridized carbons (Fsp3) is 0.263. The number of benzene rings is 1. The minimum Gasteiger partial charge on any atom is -0.308 e. The predicted octanol–water partition coefficient (Wildman–Crippen LogP) is -2.10. The van der Waals surface area contributed by atoms with Crippen LogP contribution in [-0.4, -0.2) is 77.0 Å². The Kier molecular flexibility index (Phi) is 5.46. The molecule has 0 unspecified atom stereocenters. The van der Waals surface area contributed by atoms with Gasteiger partial charge in [-0.3, -0.25) is 14.7 Å². The van der Waals surface area contributed by atoms with Crippen LogP contribution in [-0.2, 0) is 4.79 Å². The SMILES string of the molecule is [B]c1nc([B])c(-c2ccc3nnc(NC(=O)CN4CCCC4)cc3c2)c([B])c1[B]. The zero-order valence-electron chi connectivity index (χ0n) is 15.9. The van der Waals surface area contributed by atoms with E-state index in [9.17, 15) is 4.79 Å². The van der Waals surface area contributed by atoms with Crippen molar-refractivity contribution in [2.45, 2.75) is 12.8 Å². The number of amides is 1. The predicted molar refractivity (Wildman–Crippen MR) is 119 cm³/mol. The number of hydrogen-bond acceptors (Lipinski definition) is 5. The molecule has 0 aliphatic carbocycles. The third kappa shape index (κ3) is 4.08. The van der Waals surface area contributed by atoms with E-state index in [0.29, 0.717) is 29.0 Å². The molecule has 1 aliphatic rings. The number of likely N-dealkylation sites (tertiary alicyclic amines) is 1. The maximum absolute atomic E-state index is 12.3. The van der Waals surface area contributed by atoms with Gasteiger partial charge in [0.15, 0.2) is 5.82 Å². The molecule has 0 spiro atoms. The topological polar surface area (TPSA) is 71.0 Å². The number of carbonyl (C=O) groups excluding carboxylic acids is 1. The lowest BCUT2D eigenvalue weighted by molar-refractivity contribution is -0.117. The van der Waals surface area contributed by atoms with E-state index in [1.165, 1.54) is 0 Å². The molecule has 3 aromatic rings. The summed E-state index contributed by atoms with van der Waals surface area (Å²) in [7, 11) is 23.8. The van der Waals surface area contributed by atoms with Crippen LogP contribution >= 0.6 is 0 Å². The molecule has 0 saturated carbocycles. The second-order valence-electron chi connectivity index (χ2n) is 7.12. The standard InChI is InChI=1S/C19H15B4N5O/c20-16-15(18(22)25-19(23)17(16)21)10-3-4-12-11(7-10)8-13(27-26-12)24-14(29)9-28-5-1-2-6-28/h3-4,7-8H,1-2,5-6,9H2,(H,24,27,29). The van der Waals surface area contributed by atoms with Gasteiger partial charge >= 0.3 is 0 Å². The summed E-state index contributed by atoms with van der Waals surface area (Å²) in [6, 6.07) is 7.20. The van der Waals surface area contributed by atoms with E-state index in [2.05, 4.69) is 25.4 Å². The first-order valence-corrected chi connectivity index (χ1v) is 9.32. The summed E-state index contributed by atoms with van der Waals surface area (Å²) >= 11 is 0. The highest BCUT2D eigenvalue weighted by atomic mass is 16.2. The lowest BCUT2D eigenvalue weighted by Gasteiger charge is -2.16. The molecule has 4 rings (SSSR count). The molecule has 0 bridgehead atoms. The van der Waals surface area contributed by atoms with Crippen LogP contribution in [0, 0.1) is 0 Å². The summed E-state index contributed by atoms with van der Waals surface area (Å²) in [5, 5.41) is 11.8. The first-order valence-electron chi connectivity index (χ1n) is 9.32. The van der Waals surface area contributed by atoms with Crippen molar-refractivity contribution in [2.75, 3.05) is 25.0 Å². The molecule has 10 heteroatoms. The van der Waals surface area contributed by atoms with Crippen LogP contribution in [0.4, 0.5) is 5.82 Å². The number of nitrogens with one attached hydrogen (secondary N) is 1. The largest absolute Gasteiger partial charge is 0.308 e. The second-order valence-corrected chi connectivity index (χ2v) is 7.12. The van der Waals surface area contributed by atoms with E-state index in [1.807, 2.05) is 12.1 Å². The fourth-order valence-electron chi connectivity index (χ4n) is 3.55. The fourth-order valence-corrected chi connectivity index (χ4v) is 3.55. The highest BCUT2D eigenvalue weighted by molar-refractivity contribution is 6.59. The lowest BCUT2D eigenvalue weighted by Crippen LogP contribution is -2.47. The Morgan fingerprint density at radius 2 is 1.76 bits per heavy atom. The summed E-state index contributed by atoms with van der Waals surface area (Å²) in [5.41, 5.74) is 2.64. The van der Waals surface area contributed by atoms with Crippen LogP contribution in [0.3, 0.4) is 0 Å². The molecule has 29 heavy (non-hydrogen) atoms. The van der Waals surface area contributed by atoms with Gasteiger partial charge in [0.2, 0.25) is 5.91 Å². The third-order valence-electron chi connectivity index (χ3n) is 5.04. The van der Waals surface area contributed by atoms with Gasteiger partial charge in [-0.15, -0.1) is 10.2 Å². The van der Waals surface area contributed by atoms with Crippen LogP contribution in [0.15, 0.2) is 24.3 Å². The van der Waals surface area contributed by atoms with Gasteiger partial charge in [-0.1, -0.05) is 17.0 Å². The Bertz CT molecular complexity index is 1100. The molecule has 6 nitrogen and oxygen atoms in total. The van der Waals surface area contributed by atoms with Crippen molar-refractivity contribution in [3.63, 3.8) is 0 Å². The van der Waals surface area contributed by atoms with Crippen LogP contribution in [0.1, 0.15) is 12.8 Å².